The van der Waals surface area contributed by atoms with E-state index in [2.05, 4.69) is 33.1 Å². The van der Waals surface area contributed by atoms with Crippen molar-refractivity contribution >= 4 is 5.82 Å². The lowest BCUT2D eigenvalue weighted by molar-refractivity contribution is 0.340. The third-order valence-corrected chi connectivity index (χ3v) is 3.28. The molecule has 0 N–H and O–H groups in total. The van der Waals surface area contributed by atoms with Crippen LogP contribution in [-0.2, 0) is 6.54 Å². The molecule has 2 aromatic rings. The van der Waals surface area contributed by atoms with Gasteiger partial charge in [0, 0.05) is 43.5 Å². The van der Waals surface area contributed by atoms with Crippen molar-refractivity contribution in [1.29, 1.82) is 0 Å². The molecule has 0 aromatic carbocycles. The summed E-state index contributed by atoms with van der Waals surface area (Å²) in [6.45, 7) is 7.16. The van der Waals surface area contributed by atoms with Crippen molar-refractivity contribution in [3.8, 4) is 0 Å². The molecule has 94 valence electrons. The molecule has 5 heteroatoms. The van der Waals surface area contributed by atoms with Crippen molar-refractivity contribution in [3.05, 3.63) is 36.0 Å². The van der Waals surface area contributed by atoms with Crippen LogP contribution in [0.1, 0.15) is 11.3 Å². The second kappa shape index (κ2) is 4.40. The molecule has 3 heterocycles. The monoisotopic (exact) mass is 243 g/mol. The lowest BCUT2D eigenvalue weighted by atomic mass is 10.0. The van der Waals surface area contributed by atoms with Gasteiger partial charge in [0.2, 0.25) is 0 Å². The fraction of sp³-hybridized carbons (Fsp3) is 0.462. The number of anilines is 1. The van der Waals surface area contributed by atoms with Crippen LogP contribution in [0.5, 0.6) is 0 Å². The smallest absolute Gasteiger partial charge is 0.132 e. The molecule has 3 rings (SSSR count). The highest BCUT2D eigenvalue weighted by Crippen LogP contribution is 2.23. The maximum Gasteiger partial charge on any atom is 0.132 e. The molecule has 0 atom stereocenters. The Bertz CT molecular complexity index is 542. The number of aromatic nitrogens is 4. The summed E-state index contributed by atoms with van der Waals surface area (Å²) in [6.07, 6.45) is 5.64. The maximum atomic E-state index is 4.32. The zero-order valence-corrected chi connectivity index (χ0v) is 10.7. The van der Waals surface area contributed by atoms with Gasteiger partial charge in [-0.15, -0.1) is 0 Å². The topological polar surface area (TPSA) is 46.8 Å². The molecule has 0 unspecified atom stereocenters. The molecule has 5 nitrogen and oxygen atoms in total. The van der Waals surface area contributed by atoms with Gasteiger partial charge in [-0.25, -0.2) is 9.97 Å². The van der Waals surface area contributed by atoms with Crippen LogP contribution in [0.3, 0.4) is 0 Å². The SMILES string of the molecule is Cc1cnn(CC2CN(c3cc(C)ncn3)C2)c1. The Labute approximate surface area is 106 Å². The van der Waals surface area contributed by atoms with Crippen LogP contribution >= 0.6 is 0 Å². The Hall–Kier alpha value is -1.91. The minimum atomic E-state index is 0.666. The van der Waals surface area contributed by atoms with Gasteiger partial charge in [0.05, 0.1) is 6.20 Å². The lowest BCUT2D eigenvalue weighted by Crippen LogP contribution is -2.49. The summed E-state index contributed by atoms with van der Waals surface area (Å²) in [5.74, 6) is 1.70. The second-order valence-corrected chi connectivity index (χ2v) is 5.03. The molecular weight excluding hydrogens is 226 g/mol. The van der Waals surface area contributed by atoms with Crippen LogP contribution in [0, 0.1) is 19.8 Å². The van der Waals surface area contributed by atoms with Crippen molar-refractivity contribution in [2.24, 2.45) is 5.92 Å². The van der Waals surface area contributed by atoms with E-state index in [4.69, 9.17) is 0 Å². The summed E-state index contributed by atoms with van der Waals surface area (Å²) >= 11 is 0. The summed E-state index contributed by atoms with van der Waals surface area (Å²) in [7, 11) is 0. The lowest BCUT2D eigenvalue weighted by Gasteiger charge is -2.40. The molecule has 18 heavy (non-hydrogen) atoms. The Balaban J connectivity index is 1.57. The van der Waals surface area contributed by atoms with Gasteiger partial charge in [0.15, 0.2) is 0 Å². The van der Waals surface area contributed by atoms with Gasteiger partial charge in [-0.2, -0.15) is 5.10 Å². The zero-order chi connectivity index (χ0) is 12.5. The van der Waals surface area contributed by atoms with Gasteiger partial charge < -0.3 is 4.90 Å². The summed E-state index contributed by atoms with van der Waals surface area (Å²) in [5.41, 5.74) is 2.24. The Morgan fingerprint density at radius 1 is 1.28 bits per heavy atom. The fourth-order valence-electron chi connectivity index (χ4n) is 2.32. The average molecular weight is 243 g/mol. The molecule has 1 aliphatic heterocycles. The standard InChI is InChI=1S/C13H17N5/c1-10-4-16-18(5-10)8-12-6-17(7-12)13-3-11(2)14-9-15-13/h3-5,9,12H,6-8H2,1-2H3. The summed E-state index contributed by atoms with van der Waals surface area (Å²) in [6, 6.07) is 2.04. The largest absolute Gasteiger partial charge is 0.356 e. The zero-order valence-electron chi connectivity index (χ0n) is 10.7. The highest BCUT2D eigenvalue weighted by atomic mass is 15.3. The molecule has 0 saturated carbocycles. The maximum absolute atomic E-state index is 4.32. The number of aryl methyl sites for hydroxylation is 2. The van der Waals surface area contributed by atoms with Crippen LogP contribution in [-0.4, -0.2) is 32.8 Å². The Morgan fingerprint density at radius 2 is 2.11 bits per heavy atom. The Kier molecular flexibility index (Phi) is 2.74. The third kappa shape index (κ3) is 2.20. The first kappa shape index (κ1) is 11.2. The van der Waals surface area contributed by atoms with E-state index in [-0.39, 0.29) is 0 Å². The normalized spacial score (nSPS) is 15.8. The van der Waals surface area contributed by atoms with E-state index in [0.29, 0.717) is 5.92 Å². The minimum absolute atomic E-state index is 0.666. The number of hydrogen-bond acceptors (Lipinski definition) is 4. The predicted octanol–water partition coefficient (Wildman–Crippen LogP) is 1.43. The summed E-state index contributed by atoms with van der Waals surface area (Å²) < 4.78 is 2.03. The van der Waals surface area contributed by atoms with E-state index in [1.807, 2.05) is 23.9 Å². The van der Waals surface area contributed by atoms with E-state index in [0.717, 1.165) is 31.1 Å². The van der Waals surface area contributed by atoms with E-state index in [9.17, 15) is 0 Å². The van der Waals surface area contributed by atoms with E-state index < -0.39 is 0 Å². The molecule has 0 radical (unpaired) electrons. The van der Waals surface area contributed by atoms with Crippen molar-refractivity contribution < 1.29 is 0 Å². The number of hydrogen-bond donors (Lipinski definition) is 0. The molecule has 0 bridgehead atoms. The number of rotatable bonds is 3. The average Bonchev–Trinajstić information content (AvgIpc) is 2.69. The highest BCUT2D eigenvalue weighted by Gasteiger charge is 2.28. The minimum Gasteiger partial charge on any atom is -0.356 e. The molecule has 0 aliphatic carbocycles. The van der Waals surface area contributed by atoms with E-state index >= 15 is 0 Å². The van der Waals surface area contributed by atoms with Crippen molar-refractivity contribution in [2.45, 2.75) is 20.4 Å². The van der Waals surface area contributed by atoms with Gasteiger partial charge in [-0.1, -0.05) is 0 Å². The molecule has 2 aromatic heterocycles. The highest BCUT2D eigenvalue weighted by molar-refractivity contribution is 5.41. The first-order valence-corrected chi connectivity index (χ1v) is 6.23. The summed E-state index contributed by atoms with van der Waals surface area (Å²) in [4.78, 5) is 10.7. The van der Waals surface area contributed by atoms with Gasteiger partial charge in [-0.05, 0) is 19.4 Å². The fourth-order valence-corrected chi connectivity index (χ4v) is 2.32. The second-order valence-electron chi connectivity index (χ2n) is 5.03. The van der Waals surface area contributed by atoms with Crippen LogP contribution in [0.4, 0.5) is 5.82 Å². The first-order valence-electron chi connectivity index (χ1n) is 6.23. The van der Waals surface area contributed by atoms with Crippen molar-refractivity contribution in [2.75, 3.05) is 18.0 Å². The van der Waals surface area contributed by atoms with E-state index in [1.54, 1.807) is 6.33 Å². The summed E-state index contributed by atoms with van der Waals surface area (Å²) in [5, 5.41) is 4.32. The predicted molar refractivity (Wildman–Crippen MR) is 69.4 cm³/mol. The molecule has 1 saturated heterocycles. The third-order valence-electron chi connectivity index (χ3n) is 3.28. The molecular formula is C13H17N5. The molecule has 1 fully saturated rings. The van der Waals surface area contributed by atoms with Crippen LogP contribution in [0.2, 0.25) is 0 Å². The molecule has 0 spiro atoms. The van der Waals surface area contributed by atoms with Crippen LogP contribution in [0.25, 0.3) is 0 Å². The quantitative estimate of drug-likeness (QED) is 0.818. The van der Waals surface area contributed by atoms with Gasteiger partial charge >= 0.3 is 0 Å². The van der Waals surface area contributed by atoms with Crippen molar-refractivity contribution in [3.63, 3.8) is 0 Å². The van der Waals surface area contributed by atoms with E-state index in [1.165, 1.54) is 5.56 Å². The van der Waals surface area contributed by atoms with Gasteiger partial charge in [0.25, 0.3) is 0 Å². The van der Waals surface area contributed by atoms with Crippen LogP contribution in [0.15, 0.2) is 24.8 Å². The molecule has 1 aliphatic rings. The van der Waals surface area contributed by atoms with Crippen LogP contribution < -0.4 is 4.90 Å². The van der Waals surface area contributed by atoms with Gasteiger partial charge in [-0.3, -0.25) is 4.68 Å². The Morgan fingerprint density at radius 3 is 2.78 bits per heavy atom. The molecule has 0 amide bonds. The van der Waals surface area contributed by atoms with Crippen molar-refractivity contribution in [1.82, 2.24) is 19.7 Å². The first-order chi connectivity index (χ1) is 8.70. The number of nitrogens with zero attached hydrogens (tertiary/aromatic N) is 5. The van der Waals surface area contributed by atoms with Gasteiger partial charge in [0.1, 0.15) is 12.1 Å².